The molecule has 1 aliphatic carbocycles. The highest BCUT2D eigenvalue weighted by molar-refractivity contribution is 6.29. The summed E-state index contributed by atoms with van der Waals surface area (Å²) < 4.78 is 0. The second kappa shape index (κ2) is 13.8. The van der Waals surface area contributed by atoms with Crippen molar-refractivity contribution in [3.8, 4) is 0 Å². The number of pyridine rings is 1. The Morgan fingerprint density at radius 2 is 1.84 bits per heavy atom. The lowest BCUT2D eigenvalue weighted by Crippen LogP contribution is -2.08. The minimum absolute atomic E-state index is 0.119. The second-order valence-electron chi connectivity index (χ2n) is 7.62. The van der Waals surface area contributed by atoms with Gasteiger partial charge in [-0.3, -0.25) is 4.79 Å². The van der Waals surface area contributed by atoms with Crippen LogP contribution in [-0.4, -0.2) is 16.5 Å². The Morgan fingerprint density at radius 3 is 2.32 bits per heavy atom. The first-order valence-electron chi connectivity index (χ1n) is 11.0. The van der Waals surface area contributed by atoms with Crippen LogP contribution in [0.5, 0.6) is 0 Å². The molecule has 1 aromatic carbocycles. The number of allylic oxidation sites excluding steroid dienone is 1. The van der Waals surface area contributed by atoms with Crippen LogP contribution in [0.15, 0.2) is 43.1 Å². The van der Waals surface area contributed by atoms with Gasteiger partial charge in [-0.15, -0.1) is 6.58 Å². The molecule has 1 heterocycles. The number of unbranched alkanes of at least 4 members (excludes halogenated alkanes) is 1. The molecule has 1 saturated carbocycles. The van der Waals surface area contributed by atoms with Gasteiger partial charge in [0.1, 0.15) is 5.15 Å². The molecule has 1 aliphatic rings. The molecular weight excluding hydrogens is 406 g/mol. The van der Waals surface area contributed by atoms with Gasteiger partial charge in [0.25, 0.3) is 0 Å². The van der Waals surface area contributed by atoms with Gasteiger partial charge in [-0.1, -0.05) is 63.4 Å². The van der Waals surface area contributed by atoms with E-state index >= 15 is 0 Å². The number of hydrogen-bond donors (Lipinski definition) is 2. The molecule has 0 saturated heterocycles. The summed E-state index contributed by atoms with van der Waals surface area (Å²) in [6.45, 7) is 13.6. The molecule has 0 amide bonds. The summed E-state index contributed by atoms with van der Waals surface area (Å²) in [5.41, 5.74) is 4.47. The van der Waals surface area contributed by atoms with Crippen molar-refractivity contribution in [1.82, 2.24) is 4.98 Å². The van der Waals surface area contributed by atoms with Crippen LogP contribution < -0.4 is 5.32 Å². The summed E-state index contributed by atoms with van der Waals surface area (Å²) in [4.78, 5) is 16.5. The smallest absolute Gasteiger partial charge is 0.169 e. The van der Waals surface area contributed by atoms with Gasteiger partial charge in [0, 0.05) is 23.5 Å². The molecule has 0 spiro atoms. The number of ketones is 1. The first kappa shape index (κ1) is 26.6. The molecule has 0 radical (unpaired) electrons. The summed E-state index contributed by atoms with van der Waals surface area (Å²) in [5.74, 6) is 0.239. The van der Waals surface area contributed by atoms with Gasteiger partial charge < -0.3 is 10.7 Å². The van der Waals surface area contributed by atoms with Crippen molar-refractivity contribution in [1.29, 1.82) is 5.41 Å². The summed E-state index contributed by atoms with van der Waals surface area (Å²) in [6.07, 6.45) is 9.04. The van der Waals surface area contributed by atoms with Gasteiger partial charge in [-0.2, -0.15) is 0 Å². The molecule has 0 atom stereocenters. The average molecular weight is 442 g/mol. The summed E-state index contributed by atoms with van der Waals surface area (Å²) in [5, 5.41) is 11.5. The number of nitrogens with one attached hydrogen (secondary N) is 2. The molecule has 2 aromatic rings. The van der Waals surface area contributed by atoms with Crippen LogP contribution >= 0.6 is 11.6 Å². The Kier molecular flexibility index (Phi) is 11.8. The van der Waals surface area contributed by atoms with Gasteiger partial charge in [-0.05, 0) is 56.4 Å². The molecule has 2 N–H and O–H groups in total. The Morgan fingerprint density at radius 1 is 1.23 bits per heavy atom. The van der Waals surface area contributed by atoms with Crippen LogP contribution in [-0.2, 0) is 0 Å². The van der Waals surface area contributed by atoms with Crippen molar-refractivity contribution >= 4 is 34.5 Å². The predicted octanol–water partition coefficient (Wildman–Crippen LogP) is 8.16. The molecule has 0 bridgehead atoms. The molecule has 168 valence electrons. The molecular formula is C26H36ClN3O. The van der Waals surface area contributed by atoms with Gasteiger partial charge >= 0.3 is 0 Å². The molecule has 31 heavy (non-hydrogen) atoms. The van der Waals surface area contributed by atoms with Gasteiger partial charge in [0.15, 0.2) is 5.78 Å². The molecule has 0 aliphatic heterocycles. The number of halogens is 1. The van der Waals surface area contributed by atoms with Crippen molar-refractivity contribution in [2.24, 2.45) is 5.92 Å². The van der Waals surface area contributed by atoms with Crippen molar-refractivity contribution in [3.05, 3.63) is 65.0 Å². The lowest BCUT2D eigenvalue weighted by molar-refractivity contribution is 0.0968. The van der Waals surface area contributed by atoms with Crippen molar-refractivity contribution in [2.75, 3.05) is 5.32 Å². The Hall–Kier alpha value is -2.46. The van der Waals surface area contributed by atoms with E-state index in [1.807, 2.05) is 31.2 Å². The summed E-state index contributed by atoms with van der Waals surface area (Å²) >= 11 is 6.01. The third-order valence-electron chi connectivity index (χ3n) is 4.88. The van der Waals surface area contributed by atoms with Crippen molar-refractivity contribution in [3.63, 3.8) is 0 Å². The van der Waals surface area contributed by atoms with Crippen LogP contribution in [0.3, 0.4) is 0 Å². The number of anilines is 2. The lowest BCUT2D eigenvalue weighted by atomic mass is 10.0. The zero-order valence-electron chi connectivity index (χ0n) is 19.5. The van der Waals surface area contributed by atoms with E-state index in [-0.39, 0.29) is 11.7 Å². The molecule has 4 nitrogen and oxygen atoms in total. The maximum atomic E-state index is 12.4. The number of carbonyl (C=O) groups is 1. The molecule has 5 heteroatoms. The number of Topliss-reactive ketones (excluding diaryl/α,β-unsaturated/α-hetero) is 1. The number of aromatic nitrogens is 1. The number of carbonyl (C=O) groups excluding carboxylic acids is 1. The molecule has 1 fully saturated rings. The Bertz CT molecular complexity index is 886. The number of hydrogen-bond acceptors (Lipinski definition) is 4. The maximum Gasteiger partial charge on any atom is 0.169 e. The van der Waals surface area contributed by atoms with Crippen LogP contribution in [0, 0.1) is 18.3 Å². The number of rotatable bonds is 7. The van der Waals surface area contributed by atoms with Crippen molar-refractivity contribution in [2.45, 2.75) is 66.7 Å². The van der Waals surface area contributed by atoms with Gasteiger partial charge in [0.05, 0.1) is 11.3 Å². The van der Waals surface area contributed by atoms with E-state index in [1.54, 1.807) is 19.2 Å². The SMILES string of the molecule is C=CCC.CC(=N)c1cccc(Nc2cc(Cl)ncc2C(=O)C2CC2)c1C.CCCC. The van der Waals surface area contributed by atoms with Crippen LogP contribution in [0.4, 0.5) is 11.4 Å². The van der Waals surface area contributed by atoms with E-state index < -0.39 is 0 Å². The van der Waals surface area contributed by atoms with Crippen molar-refractivity contribution < 1.29 is 4.79 Å². The molecule has 1 aromatic heterocycles. The first-order chi connectivity index (χ1) is 14.8. The van der Waals surface area contributed by atoms with Crippen LogP contribution in [0.25, 0.3) is 0 Å². The molecule has 3 rings (SSSR count). The zero-order valence-corrected chi connectivity index (χ0v) is 20.3. The first-order valence-corrected chi connectivity index (χ1v) is 11.4. The second-order valence-corrected chi connectivity index (χ2v) is 8.00. The van der Waals surface area contributed by atoms with E-state index in [9.17, 15) is 4.79 Å². The minimum atomic E-state index is 0.119. The number of nitrogens with zero attached hydrogens (tertiary/aromatic N) is 1. The van der Waals surface area contributed by atoms with Crippen LogP contribution in [0.1, 0.15) is 81.3 Å². The monoisotopic (exact) mass is 441 g/mol. The summed E-state index contributed by atoms with van der Waals surface area (Å²) in [6, 6.07) is 7.43. The third-order valence-corrected chi connectivity index (χ3v) is 5.09. The largest absolute Gasteiger partial charge is 0.355 e. The normalized spacial score (nSPS) is 11.9. The van der Waals surface area contributed by atoms with Crippen LogP contribution in [0.2, 0.25) is 5.15 Å². The standard InChI is InChI=1S/C18H18ClN3O.C4H10.C4H8/c1-10-13(11(2)20)4-3-5-15(10)22-16-8-17(19)21-9-14(16)18(23)12-6-7-12;2*1-3-4-2/h3-5,8-9,12,20H,6-7H2,1-2H3,(H,21,22);3-4H2,1-2H3;3H,1,4H2,2H3. The number of benzene rings is 1. The van der Waals surface area contributed by atoms with Gasteiger partial charge in [0.2, 0.25) is 0 Å². The lowest BCUT2D eigenvalue weighted by Gasteiger charge is -2.15. The van der Waals surface area contributed by atoms with E-state index in [1.165, 1.54) is 12.8 Å². The fraction of sp³-hybridized carbons (Fsp3) is 0.423. The predicted molar refractivity (Wildman–Crippen MR) is 134 cm³/mol. The molecule has 0 unspecified atom stereocenters. The minimum Gasteiger partial charge on any atom is -0.355 e. The Labute approximate surface area is 192 Å². The zero-order chi connectivity index (χ0) is 23.4. The highest BCUT2D eigenvalue weighted by Gasteiger charge is 2.32. The fourth-order valence-corrected chi connectivity index (χ4v) is 2.78. The average Bonchev–Trinajstić information content (AvgIpc) is 3.60. The van der Waals surface area contributed by atoms with E-state index in [0.717, 1.165) is 36.1 Å². The third kappa shape index (κ3) is 8.66. The quantitative estimate of drug-likeness (QED) is 0.197. The Balaban J connectivity index is 0.000000519. The van der Waals surface area contributed by atoms with E-state index in [2.05, 4.69) is 37.7 Å². The van der Waals surface area contributed by atoms with E-state index in [0.29, 0.717) is 22.1 Å². The highest BCUT2D eigenvalue weighted by atomic mass is 35.5. The summed E-state index contributed by atoms with van der Waals surface area (Å²) in [7, 11) is 0. The fourth-order valence-electron chi connectivity index (χ4n) is 2.62. The highest BCUT2D eigenvalue weighted by Crippen LogP contribution is 2.36. The topological polar surface area (TPSA) is 65.8 Å². The van der Waals surface area contributed by atoms with Gasteiger partial charge in [-0.25, -0.2) is 4.98 Å². The maximum absolute atomic E-state index is 12.4. The van der Waals surface area contributed by atoms with E-state index in [4.69, 9.17) is 17.0 Å².